The highest BCUT2D eigenvalue weighted by molar-refractivity contribution is 5.75. The van der Waals surface area contributed by atoms with Crippen LogP contribution >= 0.6 is 0 Å². The summed E-state index contributed by atoms with van der Waals surface area (Å²) in [5.74, 6) is 0.448. The Kier molecular flexibility index (Phi) is 2.98. The molecule has 1 aliphatic carbocycles. The molecule has 0 spiro atoms. The first-order valence-corrected chi connectivity index (χ1v) is 6.25. The van der Waals surface area contributed by atoms with Crippen molar-refractivity contribution in [2.24, 2.45) is 0 Å². The fraction of sp³-hybridized carbons (Fsp3) is 0.545. The van der Waals surface area contributed by atoms with Crippen LogP contribution < -0.4 is 4.90 Å². The maximum Gasteiger partial charge on any atom is 0.325 e. The molecule has 8 nitrogen and oxygen atoms in total. The monoisotopic (exact) mass is 262 g/mol. The smallest absolute Gasteiger partial charge is 0.325 e. The van der Waals surface area contributed by atoms with Gasteiger partial charge >= 0.3 is 5.97 Å². The van der Waals surface area contributed by atoms with Crippen molar-refractivity contribution in [3.05, 3.63) is 12.1 Å². The number of fused-ring (bicyclic) bond motifs is 1. The zero-order valence-electron chi connectivity index (χ0n) is 10.6. The average Bonchev–Trinajstić information content (AvgIpc) is 3.13. The highest BCUT2D eigenvalue weighted by Crippen LogP contribution is 2.30. The highest BCUT2D eigenvalue weighted by atomic mass is 16.5. The Morgan fingerprint density at radius 3 is 3.11 bits per heavy atom. The molecule has 0 radical (unpaired) electrons. The molecule has 0 unspecified atom stereocenters. The topological polar surface area (TPSA) is 85.5 Å². The van der Waals surface area contributed by atoms with E-state index in [0.29, 0.717) is 24.1 Å². The molecular formula is C11H14N6O2. The number of ether oxygens (including phenoxy) is 1. The minimum absolute atomic E-state index is 0.207. The van der Waals surface area contributed by atoms with Crippen LogP contribution in [0.25, 0.3) is 5.65 Å². The van der Waals surface area contributed by atoms with Crippen LogP contribution in [0.5, 0.6) is 0 Å². The number of tetrazole rings is 1. The first kappa shape index (κ1) is 11.8. The summed E-state index contributed by atoms with van der Waals surface area (Å²) in [6.45, 7) is 2.39. The summed E-state index contributed by atoms with van der Waals surface area (Å²) in [5, 5.41) is 15.4. The van der Waals surface area contributed by atoms with Crippen LogP contribution in [-0.4, -0.2) is 50.4 Å². The van der Waals surface area contributed by atoms with E-state index in [1.54, 1.807) is 13.0 Å². The Labute approximate surface area is 109 Å². The van der Waals surface area contributed by atoms with Crippen molar-refractivity contribution in [1.29, 1.82) is 0 Å². The Balaban J connectivity index is 1.84. The standard InChI is InChI=1S/C11H14N6O2/c1-2-19-11(18)7-16(8-3-4-8)10-6-5-9-12-14-15-17(9)13-10/h5-6,8H,2-4,7H2,1H3. The highest BCUT2D eigenvalue weighted by Gasteiger charge is 2.32. The Morgan fingerprint density at radius 1 is 1.53 bits per heavy atom. The Bertz CT molecular complexity index is 594. The molecule has 0 aliphatic heterocycles. The second kappa shape index (κ2) is 4.79. The SMILES string of the molecule is CCOC(=O)CN(c1ccc2nnnn2n1)C1CC1. The predicted molar refractivity (Wildman–Crippen MR) is 65.6 cm³/mol. The van der Waals surface area contributed by atoms with Crippen molar-refractivity contribution < 1.29 is 9.53 Å². The number of rotatable bonds is 5. The van der Waals surface area contributed by atoms with E-state index in [1.165, 1.54) is 4.63 Å². The van der Waals surface area contributed by atoms with E-state index in [-0.39, 0.29) is 12.5 Å². The first-order chi connectivity index (χ1) is 9.28. The molecule has 1 fully saturated rings. The molecule has 100 valence electrons. The van der Waals surface area contributed by atoms with Crippen LogP contribution in [0.3, 0.4) is 0 Å². The first-order valence-electron chi connectivity index (χ1n) is 6.25. The molecule has 1 saturated carbocycles. The van der Waals surface area contributed by atoms with Crippen LogP contribution in [-0.2, 0) is 9.53 Å². The van der Waals surface area contributed by atoms with Gasteiger partial charge in [-0.05, 0) is 42.3 Å². The number of aromatic nitrogens is 5. The summed E-state index contributed by atoms with van der Waals surface area (Å²) in [6.07, 6.45) is 2.13. The van der Waals surface area contributed by atoms with Crippen molar-refractivity contribution >= 4 is 17.4 Å². The molecular weight excluding hydrogens is 248 g/mol. The zero-order chi connectivity index (χ0) is 13.2. The lowest BCUT2D eigenvalue weighted by Gasteiger charge is -2.21. The van der Waals surface area contributed by atoms with Gasteiger partial charge in [0.2, 0.25) is 0 Å². The normalized spacial score (nSPS) is 14.6. The molecule has 8 heteroatoms. The van der Waals surface area contributed by atoms with Crippen molar-refractivity contribution in [3.63, 3.8) is 0 Å². The molecule has 1 aliphatic rings. The van der Waals surface area contributed by atoms with Gasteiger partial charge in [-0.15, -0.1) is 14.8 Å². The summed E-state index contributed by atoms with van der Waals surface area (Å²) in [7, 11) is 0. The van der Waals surface area contributed by atoms with Crippen LogP contribution in [0.15, 0.2) is 12.1 Å². The Hall–Kier alpha value is -2.25. The van der Waals surface area contributed by atoms with Gasteiger partial charge in [-0.2, -0.15) is 0 Å². The molecule has 0 bridgehead atoms. The van der Waals surface area contributed by atoms with Gasteiger partial charge in [-0.25, -0.2) is 0 Å². The largest absolute Gasteiger partial charge is 0.465 e. The summed E-state index contributed by atoms with van der Waals surface area (Å²) >= 11 is 0. The Morgan fingerprint density at radius 2 is 2.37 bits per heavy atom. The number of hydrogen-bond donors (Lipinski definition) is 0. The fourth-order valence-electron chi connectivity index (χ4n) is 1.92. The van der Waals surface area contributed by atoms with E-state index < -0.39 is 0 Å². The second-order valence-corrected chi connectivity index (χ2v) is 4.38. The molecule has 0 saturated heterocycles. The molecule has 3 rings (SSSR count). The van der Waals surface area contributed by atoms with E-state index in [2.05, 4.69) is 20.6 Å². The lowest BCUT2D eigenvalue weighted by Crippen LogP contribution is -2.34. The summed E-state index contributed by atoms with van der Waals surface area (Å²) < 4.78 is 6.35. The molecule has 2 heterocycles. The van der Waals surface area contributed by atoms with E-state index in [1.807, 2.05) is 11.0 Å². The summed E-state index contributed by atoms with van der Waals surface area (Å²) in [6, 6.07) is 3.96. The molecule has 0 amide bonds. The molecule has 2 aromatic rings. The second-order valence-electron chi connectivity index (χ2n) is 4.38. The van der Waals surface area contributed by atoms with Gasteiger partial charge in [0, 0.05) is 6.04 Å². The number of nitrogens with zero attached hydrogens (tertiary/aromatic N) is 6. The van der Waals surface area contributed by atoms with E-state index in [0.717, 1.165) is 12.8 Å². The molecule has 0 atom stereocenters. The average molecular weight is 262 g/mol. The van der Waals surface area contributed by atoms with Gasteiger partial charge in [-0.3, -0.25) is 4.79 Å². The third-order valence-corrected chi connectivity index (χ3v) is 2.94. The third-order valence-electron chi connectivity index (χ3n) is 2.94. The predicted octanol–water partition coefficient (Wildman–Crippen LogP) is 0.0512. The zero-order valence-corrected chi connectivity index (χ0v) is 10.6. The van der Waals surface area contributed by atoms with Crippen LogP contribution in [0.2, 0.25) is 0 Å². The number of carbonyl (C=O) groups is 1. The van der Waals surface area contributed by atoms with Gasteiger partial charge in [-0.1, -0.05) is 0 Å². The van der Waals surface area contributed by atoms with Crippen LogP contribution in [0, 0.1) is 0 Å². The maximum absolute atomic E-state index is 11.6. The fourth-order valence-corrected chi connectivity index (χ4v) is 1.92. The van der Waals surface area contributed by atoms with E-state index in [4.69, 9.17) is 4.74 Å². The molecule has 2 aromatic heterocycles. The molecule has 19 heavy (non-hydrogen) atoms. The summed E-state index contributed by atoms with van der Waals surface area (Å²) in [5.41, 5.74) is 0.579. The lowest BCUT2D eigenvalue weighted by atomic mass is 10.4. The van der Waals surface area contributed by atoms with Gasteiger partial charge in [0.15, 0.2) is 11.5 Å². The van der Waals surface area contributed by atoms with Gasteiger partial charge in [0.25, 0.3) is 0 Å². The minimum atomic E-state index is -0.243. The van der Waals surface area contributed by atoms with Crippen LogP contribution in [0.1, 0.15) is 19.8 Å². The van der Waals surface area contributed by atoms with Crippen molar-refractivity contribution in [3.8, 4) is 0 Å². The van der Waals surface area contributed by atoms with E-state index in [9.17, 15) is 4.79 Å². The van der Waals surface area contributed by atoms with E-state index >= 15 is 0 Å². The minimum Gasteiger partial charge on any atom is -0.465 e. The van der Waals surface area contributed by atoms with Gasteiger partial charge in [0.1, 0.15) is 6.54 Å². The summed E-state index contributed by atoms with van der Waals surface area (Å²) in [4.78, 5) is 13.6. The maximum atomic E-state index is 11.6. The van der Waals surface area contributed by atoms with Crippen molar-refractivity contribution in [2.45, 2.75) is 25.8 Å². The van der Waals surface area contributed by atoms with Crippen molar-refractivity contribution in [2.75, 3.05) is 18.1 Å². The number of hydrogen-bond acceptors (Lipinski definition) is 7. The number of carbonyl (C=O) groups excluding carboxylic acids is 1. The van der Waals surface area contributed by atoms with Gasteiger partial charge < -0.3 is 9.64 Å². The van der Waals surface area contributed by atoms with Crippen molar-refractivity contribution in [1.82, 2.24) is 25.3 Å². The number of anilines is 1. The quantitative estimate of drug-likeness (QED) is 0.704. The molecule has 0 N–H and O–H groups in total. The van der Waals surface area contributed by atoms with Gasteiger partial charge in [0.05, 0.1) is 6.61 Å². The van der Waals surface area contributed by atoms with Crippen LogP contribution in [0.4, 0.5) is 5.82 Å². The molecule has 0 aromatic carbocycles. The lowest BCUT2D eigenvalue weighted by molar-refractivity contribution is -0.141. The third kappa shape index (κ3) is 2.47. The number of esters is 1.